The van der Waals surface area contributed by atoms with Gasteiger partial charge in [-0.15, -0.1) is 0 Å². The minimum Gasteiger partial charge on any atom is -0.359 e. The van der Waals surface area contributed by atoms with Gasteiger partial charge in [0.05, 0.1) is 5.71 Å². The van der Waals surface area contributed by atoms with Crippen molar-refractivity contribution in [2.24, 2.45) is 4.99 Å². The van der Waals surface area contributed by atoms with Crippen LogP contribution in [0.5, 0.6) is 0 Å². The highest BCUT2D eigenvalue weighted by Crippen LogP contribution is 2.55. The van der Waals surface area contributed by atoms with Crippen LogP contribution < -0.4 is 10.2 Å². The third-order valence-corrected chi connectivity index (χ3v) is 12.6. The van der Waals surface area contributed by atoms with Crippen LogP contribution in [-0.2, 0) is 5.41 Å². The summed E-state index contributed by atoms with van der Waals surface area (Å²) >= 11 is 0. The van der Waals surface area contributed by atoms with Crippen molar-refractivity contribution < 1.29 is 0 Å². The number of benzene rings is 7. The molecule has 1 N–H and O–H groups in total. The molecule has 0 saturated heterocycles. The summed E-state index contributed by atoms with van der Waals surface area (Å²) in [7, 11) is 0. The van der Waals surface area contributed by atoms with Crippen molar-refractivity contribution in [2.45, 2.75) is 37.8 Å². The Balaban J connectivity index is 0.995. The number of nitrogens with one attached hydrogen (secondary N) is 1. The molecule has 278 valence electrons. The average molecular weight is 746 g/mol. The first-order valence-electron chi connectivity index (χ1n) is 20.4. The van der Waals surface area contributed by atoms with Crippen LogP contribution in [0.1, 0.15) is 60.2 Å². The number of rotatable bonds is 6. The quantitative estimate of drug-likeness (QED) is 0.184. The van der Waals surface area contributed by atoms with Crippen LogP contribution in [0.15, 0.2) is 216 Å². The number of allylic oxidation sites excluding steroid dienone is 4. The maximum atomic E-state index is 5.24. The lowest BCUT2D eigenvalue weighted by Crippen LogP contribution is -2.29. The largest absolute Gasteiger partial charge is 0.359 e. The fraction of sp³-hybridized carbons (Fsp3) is 0.109. The Hall–Kier alpha value is -6.97. The Morgan fingerprint density at radius 3 is 2.05 bits per heavy atom. The van der Waals surface area contributed by atoms with Gasteiger partial charge in [0.1, 0.15) is 6.17 Å². The summed E-state index contributed by atoms with van der Waals surface area (Å²) < 4.78 is 0. The number of aliphatic imine (C=N–C) groups is 1. The van der Waals surface area contributed by atoms with Crippen LogP contribution in [-0.4, -0.2) is 5.71 Å². The highest BCUT2D eigenvalue weighted by atomic mass is 15.2. The number of anilines is 2. The molecule has 2 unspecified atom stereocenters. The second-order valence-electron chi connectivity index (χ2n) is 16.3. The molecular formula is C55H43N3. The highest BCUT2D eigenvalue weighted by molar-refractivity contribution is 6.10. The Morgan fingerprint density at radius 2 is 1.26 bits per heavy atom. The van der Waals surface area contributed by atoms with Gasteiger partial charge < -0.3 is 10.2 Å². The van der Waals surface area contributed by atoms with Crippen molar-refractivity contribution in [1.82, 2.24) is 5.32 Å². The van der Waals surface area contributed by atoms with Gasteiger partial charge in [0.15, 0.2) is 0 Å². The summed E-state index contributed by atoms with van der Waals surface area (Å²) in [5.74, 6) is 0.196. The summed E-state index contributed by atoms with van der Waals surface area (Å²) in [6, 6.07) is 64.0. The van der Waals surface area contributed by atoms with E-state index in [0.717, 1.165) is 29.0 Å². The van der Waals surface area contributed by atoms with Crippen molar-refractivity contribution in [3.63, 3.8) is 0 Å². The van der Waals surface area contributed by atoms with Crippen molar-refractivity contribution in [3.05, 3.63) is 239 Å². The predicted molar refractivity (Wildman–Crippen MR) is 240 cm³/mol. The van der Waals surface area contributed by atoms with Crippen LogP contribution in [0, 0.1) is 0 Å². The molecule has 2 heterocycles. The van der Waals surface area contributed by atoms with E-state index in [9.17, 15) is 0 Å². The first kappa shape index (κ1) is 34.3. The average Bonchev–Trinajstić information content (AvgIpc) is 3.75. The Bertz CT molecular complexity index is 2840. The van der Waals surface area contributed by atoms with Crippen molar-refractivity contribution in [1.29, 1.82) is 0 Å². The van der Waals surface area contributed by atoms with E-state index in [1.54, 1.807) is 0 Å². The minimum atomic E-state index is -0.208. The van der Waals surface area contributed by atoms with E-state index in [0.29, 0.717) is 0 Å². The van der Waals surface area contributed by atoms with E-state index in [4.69, 9.17) is 4.99 Å². The number of hydrogen-bond donors (Lipinski definition) is 1. The maximum absolute atomic E-state index is 5.24. The lowest BCUT2D eigenvalue weighted by atomic mass is 9.79. The van der Waals surface area contributed by atoms with Crippen LogP contribution >= 0.6 is 0 Å². The highest BCUT2D eigenvalue weighted by Gasteiger charge is 2.40. The van der Waals surface area contributed by atoms with Crippen molar-refractivity contribution in [2.75, 3.05) is 4.90 Å². The Morgan fingerprint density at radius 1 is 0.603 bits per heavy atom. The molecule has 2 aliphatic heterocycles. The van der Waals surface area contributed by atoms with Gasteiger partial charge >= 0.3 is 0 Å². The summed E-state index contributed by atoms with van der Waals surface area (Å²) in [6.07, 6.45) is 7.65. The lowest BCUT2D eigenvalue weighted by molar-refractivity contribution is 0.622. The maximum Gasteiger partial charge on any atom is 0.145 e. The number of nitrogens with zero attached hydrogens (tertiary/aromatic N) is 2. The molecule has 2 aliphatic carbocycles. The van der Waals surface area contributed by atoms with Gasteiger partial charge in [0.25, 0.3) is 0 Å². The van der Waals surface area contributed by atoms with Gasteiger partial charge in [-0.2, -0.15) is 0 Å². The van der Waals surface area contributed by atoms with E-state index in [1.807, 2.05) is 0 Å². The van der Waals surface area contributed by atoms with Crippen molar-refractivity contribution in [3.8, 4) is 33.4 Å². The summed E-state index contributed by atoms with van der Waals surface area (Å²) in [4.78, 5) is 7.74. The van der Waals surface area contributed by atoms with Crippen LogP contribution in [0.3, 0.4) is 0 Å². The van der Waals surface area contributed by atoms with E-state index >= 15 is 0 Å². The van der Waals surface area contributed by atoms with E-state index in [1.165, 1.54) is 72.7 Å². The smallest absolute Gasteiger partial charge is 0.145 e. The fourth-order valence-electron chi connectivity index (χ4n) is 9.87. The summed E-state index contributed by atoms with van der Waals surface area (Å²) in [5.41, 5.74) is 21.1. The molecule has 7 aromatic rings. The van der Waals surface area contributed by atoms with Gasteiger partial charge in [-0.1, -0.05) is 178 Å². The molecule has 3 nitrogen and oxygen atoms in total. The van der Waals surface area contributed by atoms with E-state index in [-0.39, 0.29) is 17.5 Å². The zero-order valence-corrected chi connectivity index (χ0v) is 32.7. The van der Waals surface area contributed by atoms with Gasteiger partial charge in [-0.25, -0.2) is 0 Å². The molecule has 0 amide bonds. The van der Waals surface area contributed by atoms with Crippen LogP contribution in [0.25, 0.3) is 33.4 Å². The van der Waals surface area contributed by atoms with Crippen LogP contribution in [0.4, 0.5) is 11.4 Å². The predicted octanol–water partition coefficient (Wildman–Crippen LogP) is 13.5. The lowest BCUT2D eigenvalue weighted by Gasteiger charge is -2.31. The number of para-hydroxylation sites is 1. The fourth-order valence-corrected chi connectivity index (χ4v) is 9.87. The minimum absolute atomic E-state index is 0.0636. The molecule has 0 fully saturated rings. The van der Waals surface area contributed by atoms with Gasteiger partial charge in [0, 0.05) is 39.7 Å². The molecule has 2 atom stereocenters. The van der Waals surface area contributed by atoms with Gasteiger partial charge in [0.2, 0.25) is 0 Å². The zero-order chi connectivity index (χ0) is 38.8. The first-order chi connectivity index (χ1) is 28.5. The molecule has 58 heavy (non-hydrogen) atoms. The molecule has 7 aromatic carbocycles. The molecule has 0 aromatic heterocycles. The molecule has 0 radical (unpaired) electrons. The molecule has 3 heteroatoms. The second-order valence-corrected chi connectivity index (χ2v) is 16.3. The SMILES string of the molecule is CC1(C)c2ccccc2-c2cccc(-c3ccc(-c4ccc5c(c4)C4CC=CC(C6=CC(c7ccccc7)=NC(c7ccccc7)N6)=C4N5c4ccccc4)cc3)c21. The number of hydrogen-bond acceptors (Lipinski definition) is 3. The first-order valence-corrected chi connectivity index (χ1v) is 20.4. The third-order valence-electron chi connectivity index (χ3n) is 12.6. The molecule has 4 aliphatic rings. The molecule has 0 saturated carbocycles. The summed E-state index contributed by atoms with van der Waals surface area (Å²) in [5, 5.41) is 3.87. The number of fused-ring (bicyclic) bond motifs is 6. The standard InChI is InChI=1S/C55H43N3/c1-55(2)48-27-13-12-22-43(48)44-24-14-23-42(52(44)55)37-30-28-36(29-31-37)40-32-33-51-47(34-40)45-25-15-26-46(53(45)58(51)41-20-10-5-11-21-41)50-35-49(38-16-6-3-7-17-38)56-54(57-50)39-18-8-4-9-19-39/h3-24,26-35,45,54,57H,25H2,1-2H3. The molecule has 11 rings (SSSR count). The second kappa shape index (κ2) is 13.6. The summed E-state index contributed by atoms with van der Waals surface area (Å²) in [6.45, 7) is 4.73. The van der Waals surface area contributed by atoms with Gasteiger partial charge in [-0.05, 0) is 98.0 Å². The van der Waals surface area contributed by atoms with Gasteiger partial charge in [-0.3, -0.25) is 4.99 Å². The molecule has 0 bridgehead atoms. The molecular weight excluding hydrogens is 703 g/mol. The third kappa shape index (κ3) is 5.53. The Labute approximate surface area is 341 Å². The monoisotopic (exact) mass is 745 g/mol. The van der Waals surface area contributed by atoms with Crippen molar-refractivity contribution >= 4 is 17.1 Å². The normalized spacial score (nSPS) is 18.4. The zero-order valence-electron chi connectivity index (χ0n) is 32.7. The van der Waals surface area contributed by atoms with E-state index in [2.05, 4.69) is 218 Å². The topological polar surface area (TPSA) is 27.6 Å². The Kier molecular flexibility index (Phi) is 8.04. The molecule has 0 spiro atoms. The van der Waals surface area contributed by atoms with E-state index < -0.39 is 0 Å². The van der Waals surface area contributed by atoms with Crippen LogP contribution in [0.2, 0.25) is 0 Å².